The second-order valence-electron chi connectivity index (χ2n) is 2.70. The fourth-order valence-corrected chi connectivity index (χ4v) is 2.79. The predicted molar refractivity (Wildman–Crippen MR) is 59.8 cm³/mol. The summed E-state index contributed by atoms with van der Waals surface area (Å²) in [6, 6.07) is 0. The standard InChI is InChI=1S/C7H7F2IN2O3S/c1-15-5-3(10)2-12-4(7(8)9)6(5)16(11,13)14/h2,7H,1H3,(H2,11,13,14). The zero-order valence-electron chi connectivity index (χ0n) is 7.95. The van der Waals surface area contributed by atoms with Gasteiger partial charge in [0.15, 0.2) is 10.6 Å². The third-order valence-electron chi connectivity index (χ3n) is 1.67. The van der Waals surface area contributed by atoms with E-state index in [-0.39, 0.29) is 9.32 Å². The molecule has 1 rings (SSSR count). The van der Waals surface area contributed by atoms with Gasteiger partial charge in [-0.15, -0.1) is 0 Å². The van der Waals surface area contributed by atoms with Gasteiger partial charge in [-0.2, -0.15) is 0 Å². The lowest BCUT2D eigenvalue weighted by molar-refractivity contribution is 0.141. The van der Waals surface area contributed by atoms with Crippen LogP contribution in [0.15, 0.2) is 11.1 Å². The molecule has 2 N–H and O–H groups in total. The molecule has 0 aliphatic heterocycles. The van der Waals surface area contributed by atoms with Crippen LogP contribution in [-0.4, -0.2) is 20.5 Å². The van der Waals surface area contributed by atoms with E-state index in [1.165, 1.54) is 7.11 Å². The first kappa shape index (κ1) is 13.5. The Hall–Kier alpha value is -0.550. The average Bonchev–Trinajstić information content (AvgIpc) is 2.15. The van der Waals surface area contributed by atoms with Crippen molar-refractivity contribution in [2.24, 2.45) is 5.14 Å². The van der Waals surface area contributed by atoms with Gasteiger partial charge in [-0.3, -0.25) is 4.98 Å². The molecule has 0 fully saturated rings. The van der Waals surface area contributed by atoms with E-state index in [1.807, 2.05) is 0 Å². The van der Waals surface area contributed by atoms with E-state index < -0.39 is 27.0 Å². The Kier molecular flexibility index (Phi) is 4.02. The topological polar surface area (TPSA) is 82.3 Å². The number of sulfonamides is 1. The minimum Gasteiger partial charge on any atom is -0.494 e. The van der Waals surface area contributed by atoms with Gasteiger partial charge in [0.05, 0.1) is 10.7 Å². The number of alkyl halides is 2. The number of nitrogens with two attached hydrogens (primary N) is 1. The Morgan fingerprint density at radius 2 is 2.12 bits per heavy atom. The van der Waals surface area contributed by atoms with Crippen LogP contribution in [0.5, 0.6) is 5.75 Å². The minimum atomic E-state index is -4.32. The lowest BCUT2D eigenvalue weighted by Gasteiger charge is -2.12. The zero-order valence-corrected chi connectivity index (χ0v) is 10.9. The lowest BCUT2D eigenvalue weighted by Crippen LogP contribution is -2.17. The summed E-state index contributed by atoms with van der Waals surface area (Å²) in [6.45, 7) is 0. The van der Waals surface area contributed by atoms with Crippen LogP contribution in [0.3, 0.4) is 0 Å². The monoisotopic (exact) mass is 364 g/mol. The van der Waals surface area contributed by atoms with Crippen LogP contribution >= 0.6 is 22.6 Å². The first-order valence-electron chi connectivity index (χ1n) is 3.82. The molecule has 1 heterocycles. The maximum absolute atomic E-state index is 12.6. The molecule has 5 nitrogen and oxygen atoms in total. The molecule has 0 aromatic carbocycles. The van der Waals surface area contributed by atoms with Crippen molar-refractivity contribution in [3.63, 3.8) is 0 Å². The molecule has 0 radical (unpaired) electrons. The highest BCUT2D eigenvalue weighted by Gasteiger charge is 2.28. The van der Waals surface area contributed by atoms with Crippen LogP contribution in [0.2, 0.25) is 0 Å². The van der Waals surface area contributed by atoms with Crippen LogP contribution in [0.4, 0.5) is 8.78 Å². The molecule has 0 aliphatic rings. The van der Waals surface area contributed by atoms with Crippen LogP contribution in [0, 0.1) is 3.57 Å². The van der Waals surface area contributed by atoms with E-state index in [1.54, 1.807) is 22.6 Å². The molecule has 9 heteroatoms. The molecule has 0 amide bonds. The number of pyridine rings is 1. The summed E-state index contributed by atoms with van der Waals surface area (Å²) >= 11 is 1.71. The molecule has 1 aromatic heterocycles. The summed E-state index contributed by atoms with van der Waals surface area (Å²) in [5.74, 6) is -0.214. The summed E-state index contributed by atoms with van der Waals surface area (Å²) < 4.78 is 52.6. The molecule has 90 valence electrons. The van der Waals surface area contributed by atoms with Gasteiger partial charge in [-0.1, -0.05) is 0 Å². The summed E-state index contributed by atoms with van der Waals surface area (Å²) in [5, 5.41) is 4.86. The molecule has 0 spiro atoms. The van der Waals surface area contributed by atoms with Crippen molar-refractivity contribution in [1.29, 1.82) is 0 Å². The largest absolute Gasteiger partial charge is 0.494 e. The number of primary sulfonamides is 1. The number of aromatic nitrogens is 1. The average molecular weight is 364 g/mol. The van der Waals surface area contributed by atoms with Crippen molar-refractivity contribution < 1.29 is 21.9 Å². The van der Waals surface area contributed by atoms with E-state index in [0.29, 0.717) is 0 Å². The second kappa shape index (κ2) is 4.75. The fraction of sp³-hybridized carbons (Fsp3) is 0.286. The van der Waals surface area contributed by atoms with E-state index in [2.05, 4.69) is 4.98 Å². The Labute approximate surface area is 104 Å². The molecule has 0 unspecified atom stereocenters. The predicted octanol–water partition coefficient (Wildman–Crippen LogP) is 1.28. The quantitative estimate of drug-likeness (QED) is 0.820. The molecule has 0 saturated carbocycles. The van der Waals surface area contributed by atoms with E-state index in [9.17, 15) is 17.2 Å². The number of hydrogen-bond acceptors (Lipinski definition) is 4. The third-order valence-corrected chi connectivity index (χ3v) is 3.40. The molecular formula is C7H7F2IN2O3S. The number of nitrogens with zero attached hydrogens (tertiary/aromatic N) is 1. The molecule has 0 bridgehead atoms. The Balaban J connectivity index is 3.68. The Morgan fingerprint density at radius 1 is 1.56 bits per heavy atom. The van der Waals surface area contributed by atoms with Gasteiger partial charge < -0.3 is 4.74 Å². The summed E-state index contributed by atoms with van der Waals surface area (Å²) in [7, 11) is -3.15. The summed E-state index contributed by atoms with van der Waals surface area (Å²) in [6.07, 6.45) is -1.95. The first-order chi connectivity index (χ1) is 7.29. The maximum Gasteiger partial charge on any atom is 0.281 e. The van der Waals surface area contributed by atoms with Crippen molar-refractivity contribution in [3.05, 3.63) is 15.5 Å². The number of ether oxygens (including phenoxy) is 1. The SMILES string of the molecule is COc1c(I)cnc(C(F)F)c1S(N)(=O)=O. The number of hydrogen-bond donors (Lipinski definition) is 1. The van der Waals surface area contributed by atoms with Crippen LogP contribution in [0.25, 0.3) is 0 Å². The van der Waals surface area contributed by atoms with Crippen LogP contribution in [-0.2, 0) is 10.0 Å². The summed E-state index contributed by atoms with van der Waals surface area (Å²) in [4.78, 5) is 2.59. The van der Waals surface area contributed by atoms with Gasteiger partial charge in [0.2, 0.25) is 10.0 Å². The fourth-order valence-electron chi connectivity index (χ4n) is 1.09. The molecule has 1 aromatic rings. The number of rotatable bonds is 3. The number of halogens is 3. The molecule has 0 saturated heterocycles. The van der Waals surface area contributed by atoms with Crippen molar-refractivity contribution in [2.75, 3.05) is 7.11 Å². The summed E-state index contributed by atoms with van der Waals surface area (Å²) in [5.41, 5.74) is -0.903. The highest BCUT2D eigenvalue weighted by atomic mass is 127. The van der Waals surface area contributed by atoms with Crippen molar-refractivity contribution >= 4 is 32.6 Å². The first-order valence-corrected chi connectivity index (χ1v) is 6.45. The third kappa shape index (κ3) is 2.58. The minimum absolute atomic E-state index is 0.214. The van der Waals surface area contributed by atoms with E-state index >= 15 is 0 Å². The zero-order chi connectivity index (χ0) is 12.5. The normalized spacial score (nSPS) is 11.9. The van der Waals surface area contributed by atoms with Gasteiger partial charge >= 0.3 is 0 Å². The van der Waals surface area contributed by atoms with Gasteiger partial charge in [0, 0.05) is 6.20 Å². The smallest absolute Gasteiger partial charge is 0.281 e. The molecule has 0 atom stereocenters. The van der Waals surface area contributed by atoms with Gasteiger partial charge in [-0.05, 0) is 22.6 Å². The Morgan fingerprint density at radius 3 is 2.50 bits per heavy atom. The highest BCUT2D eigenvalue weighted by Crippen LogP contribution is 2.34. The Bertz CT molecular complexity index is 507. The van der Waals surface area contributed by atoms with Crippen molar-refractivity contribution in [3.8, 4) is 5.75 Å². The van der Waals surface area contributed by atoms with E-state index in [4.69, 9.17) is 9.88 Å². The highest BCUT2D eigenvalue weighted by molar-refractivity contribution is 14.1. The van der Waals surface area contributed by atoms with Crippen LogP contribution in [0.1, 0.15) is 12.1 Å². The van der Waals surface area contributed by atoms with E-state index in [0.717, 1.165) is 6.20 Å². The van der Waals surface area contributed by atoms with Gasteiger partial charge in [0.1, 0.15) is 5.69 Å². The molecule has 0 aliphatic carbocycles. The lowest BCUT2D eigenvalue weighted by atomic mass is 10.3. The maximum atomic E-state index is 12.6. The van der Waals surface area contributed by atoms with Crippen molar-refractivity contribution in [2.45, 2.75) is 11.3 Å². The second-order valence-corrected chi connectivity index (χ2v) is 5.36. The van der Waals surface area contributed by atoms with Crippen LogP contribution < -0.4 is 9.88 Å². The van der Waals surface area contributed by atoms with Gasteiger partial charge in [0.25, 0.3) is 6.43 Å². The number of methoxy groups -OCH3 is 1. The van der Waals surface area contributed by atoms with Gasteiger partial charge in [-0.25, -0.2) is 22.3 Å². The molecular weight excluding hydrogens is 357 g/mol. The van der Waals surface area contributed by atoms with Crippen molar-refractivity contribution in [1.82, 2.24) is 4.98 Å². The molecule has 16 heavy (non-hydrogen) atoms.